The van der Waals surface area contributed by atoms with Crippen LogP contribution >= 0.6 is 0 Å². The first kappa shape index (κ1) is 17.8. The van der Waals surface area contributed by atoms with E-state index in [2.05, 4.69) is 17.6 Å². The molecule has 0 aliphatic carbocycles. The van der Waals surface area contributed by atoms with E-state index in [9.17, 15) is 9.59 Å². The third-order valence-corrected chi connectivity index (χ3v) is 4.10. The molecule has 2 amide bonds. The molecule has 2 N–H and O–H groups in total. The van der Waals surface area contributed by atoms with Gasteiger partial charge in [-0.15, -0.1) is 0 Å². The zero-order chi connectivity index (χ0) is 18.7. The van der Waals surface area contributed by atoms with E-state index in [1.165, 1.54) is 0 Å². The lowest BCUT2D eigenvalue weighted by molar-refractivity contribution is -0.129. The molecule has 0 saturated carbocycles. The third kappa shape index (κ3) is 3.96. The van der Waals surface area contributed by atoms with Gasteiger partial charge in [-0.1, -0.05) is 19.1 Å². The number of rotatable bonds is 5. The van der Waals surface area contributed by atoms with Gasteiger partial charge >= 0.3 is 0 Å². The molecule has 6 nitrogen and oxygen atoms in total. The molecule has 2 aromatic rings. The first-order valence-corrected chi connectivity index (χ1v) is 8.53. The molecule has 0 spiro atoms. The van der Waals surface area contributed by atoms with Crippen molar-refractivity contribution in [1.82, 2.24) is 0 Å². The quantitative estimate of drug-likeness (QED) is 0.863. The maximum Gasteiger partial charge on any atom is 0.268 e. The Balaban J connectivity index is 1.61. The van der Waals surface area contributed by atoms with Crippen LogP contribution in [0, 0.1) is 0 Å². The van der Waals surface area contributed by atoms with Gasteiger partial charge in [-0.05, 0) is 56.2 Å². The van der Waals surface area contributed by atoms with Crippen molar-refractivity contribution < 1.29 is 19.1 Å². The van der Waals surface area contributed by atoms with E-state index < -0.39 is 5.60 Å². The largest absolute Gasteiger partial charge is 0.484 e. The fraction of sp³-hybridized carbons (Fsp3) is 0.300. The zero-order valence-corrected chi connectivity index (χ0v) is 15.1. The minimum atomic E-state index is -0.918. The van der Waals surface area contributed by atoms with Crippen molar-refractivity contribution in [1.29, 1.82) is 0 Å². The number of fused-ring (bicyclic) bond motifs is 1. The molecule has 1 aliphatic heterocycles. The van der Waals surface area contributed by atoms with Crippen molar-refractivity contribution in [2.45, 2.75) is 32.8 Å². The smallest absolute Gasteiger partial charge is 0.268 e. The monoisotopic (exact) mass is 354 g/mol. The summed E-state index contributed by atoms with van der Waals surface area (Å²) in [5.41, 5.74) is 1.32. The lowest BCUT2D eigenvalue weighted by Crippen LogP contribution is -2.45. The molecular formula is C20H22N2O4. The molecular weight excluding hydrogens is 332 g/mol. The molecule has 0 bridgehead atoms. The molecule has 0 aromatic heterocycles. The number of ether oxygens (including phenoxy) is 2. The second-order valence-corrected chi connectivity index (χ2v) is 6.62. The van der Waals surface area contributed by atoms with E-state index in [-0.39, 0.29) is 18.4 Å². The maximum absolute atomic E-state index is 12.1. The Bertz CT molecular complexity index is 845. The van der Waals surface area contributed by atoms with Crippen molar-refractivity contribution >= 4 is 23.2 Å². The van der Waals surface area contributed by atoms with Gasteiger partial charge in [0.1, 0.15) is 11.5 Å². The zero-order valence-electron chi connectivity index (χ0n) is 15.1. The predicted octanol–water partition coefficient (Wildman–Crippen LogP) is 3.38. The number of benzene rings is 2. The fourth-order valence-electron chi connectivity index (χ4n) is 2.59. The average molecular weight is 354 g/mol. The first-order valence-electron chi connectivity index (χ1n) is 8.53. The second-order valence-electron chi connectivity index (χ2n) is 6.62. The molecule has 0 atom stereocenters. The van der Waals surface area contributed by atoms with Crippen LogP contribution in [0.3, 0.4) is 0 Å². The highest BCUT2D eigenvalue weighted by atomic mass is 16.5. The molecule has 6 heteroatoms. The Morgan fingerprint density at radius 3 is 2.81 bits per heavy atom. The number of aryl methyl sites for hydroxylation is 1. The summed E-state index contributed by atoms with van der Waals surface area (Å²) in [6.07, 6.45) is 0.906. The van der Waals surface area contributed by atoms with Gasteiger partial charge in [0.2, 0.25) is 0 Å². The van der Waals surface area contributed by atoms with Gasteiger partial charge < -0.3 is 20.1 Å². The summed E-state index contributed by atoms with van der Waals surface area (Å²) in [5.74, 6) is 0.718. The first-order chi connectivity index (χ1) is 12.4. The van der Waals surface area contributed by atoms with E-state index in [0.29, 0.717) is 22.9 Å². The normalized spacial score (nSPS) is 14.7. The number of carbonyl (C=O) groups is 2. The summed E-state index contributed by atoms with van der Waals surface area (Å²) in [5, 5.41) is 5.54. The van der Waals surface area contributed by atoms with Gasteiger partial charge in [0.25, 0.3) is 11.8 Å². The van der Waals surface area contributed by atoms with Crippen LogP contribution in [0.2, 0.25) is 0 Å². The molecule has 1 heterocycles. The molecule has 26 heavy (non-hydrogen) atoms. The number of amides is 2. The third-order valence-electron chi connectivity index (χ3n) is 4.10. The van der Waals surface area contributed by atoms with Crippen LogP contribution in [-0.4, -0.2) is 24.0 Å². The number of hydrogen-bond donors (Lipinski definition) is 2. The van der Waals surface area contributed by atoms with Crippen molar-refractivity contribution in [3.05, 3.63) is 48.0 Å². The van der Waals surface area contributed by atoms with E-state index in [1.54, 1.807) is 32.0 Å². The highest BCUT2D eigenvalue weighted by Gasteiger charge is 2.35. The SMILES string of the molecule is CCc1cccc(OCC(=O)Nc2ccc3c(c2)NC(=O)C(C)(C)O3)c1. The Morgan fingerprint density at radius 1 is 1.23 bits per heavy atom. The van der Waals surface area contributed by atoms with Crippen molar-refractivity contribution in [3.63, 3.8) is 0 Å². The predicted molar refractivity (Wildman–Crippen MR) is 99.7 cm³/mol. The number of anilines is 2. The van der Waals surface area contributed by atoms with E-state index in [1.807, 2.05) is 24.3 Å². The second kappa shape index (κ2) is 7.07. The van der Waals surface area contributed by atoms with E-state index in [0.717, 1.165) is 12.0 Å². The molecule has 2 aromatic carbocycles. The highest BCUT2D eigenvalue weighted by molar-refractivity contribution is 6.01. The van der Waals surface area contributed by atoms with Gasteiger partial charge in [0.15, 0.2) is 12.2 Å². The minimum absolute atomic E-state index is 0.0971. The van der Waals surface area contributed by atoms with Gasteiger partial charge in [0.05, 0.1) is 5.69 Å². The van der Waals surface area contributed by atoms with Crippen LogP contribution in [-0.2, 0) is 16.0 Å². The summed E-state index contributed by atoms with van der Waals surface area (Å²) in [6.45, 7) is 5.36. The summed E-state index contributed by atoms with van der Waals surface area (Å²) in [6, 6.07) is 12.8. The van der Waals surface area contributed by atoms with Crippen molar-refractivity contribution in [2.24, 2.45) is 0 Å². The van der Waals surface area contributed by atoms with Crippen LogP contribution in [0.1, 0.15) is 26.3 Å². The topological polar surface area (TPSA) is 76.7 Å². The van der Waals surface area contributed by atoms with Gasteiger partial charge in [-0.3, -0.25) is 9.59 Å². The van der Waals surface area contributed by atoms with Gasteiger partial charge in [-0.2, -0.15) is 0 Å². The van der Waals surface area contributed by atoms with Gasteiger partial charge in [0, 0.05) is 5.69 Å². The maximum atomic E-state index is 12.1. The summed E-state index contributed by atoms with van der Waals surface area (Å²) < 4.78 is 11.2. The molecule has 136 valence electrons. The Morgan fingerprint density at radius 2 is 2.04 bits per heavy atom. The molecule has 0 saturated heterocycles. The average Bonchev–Trinajstić information content (AvgIpc) is 2.61. The van der Waals surface area contributed by atoms with Crippen LogP contribution < -0.4 is 20.1 Å². The van der Waals surface area contributed by atoms with E-state index in [4.69, 9.17) is 9.47 Å². The van der Waals surface area contributed by atoms with Crippen LogP contribution in [0.4, 0.5) is 11.4 Å². The van der Waals surface area contributed by atoms with Gasteiger partial charge in [-0.25, -0.2) is 0 Å². The standard InChI is InChI=1S/C20H22N2O4/c1-4-13-6-5-7-15(10-13)25-12-18(23)21-14-8-9-17-16(11-14)22-19(24)20(2,3)26-17/h5-11H,4,12H2,1-3H3,(H,21,23)(H,22,24). The fourth-order valence-corrected chi connectivity index (χ4v) is 2.59. The lowest BCUT2D eigenvalue weighted by Gasteiger charge is -2.31. The molecule has 3 rings (SSSR count). The van der Waals surface area contributed by atoms with Crippen LogP contribution in [0.15, 0.2) is 42.5 Å². The molecule has 1 aliphatic rings. The lowest BCUT2D eigenvalue weighted by atomic mass is 10.1. The van der Waals surface area contributed by atoms with Crippen molar-refractivity contribution in [2.75, 3.05) is 17.2 Å². The summed E-state index contributed by atoms with van der Waals surface area (Å²) >= 11 is 0. The molecule has 0 fully saturated rings. The summed E-state index contributed by atoms with van der Waals surface area (Å²) in [7, 11) is 0. The Labute approximate surface area is 152 Å². The molecule has 0 unspecified atom stereocenters. The van der Waals surface area contributed by atoms with Crippen molar-refractivity contribution in [3.8, 4) is 11.5 Å². The van der Waals surface area contributed by atoms with E-state index >= 15 is 0 Å². The molecule has 0 radical (unpaired) electrons. The minimum Gasteiger partial charge on any atom is -0.484 e. The number of hydrogen-bond acceptors (Lipinski definition) is 4. The summed E-state index contributed by atoms with van der Waals surface area (Å²) in [4.78, 5) is 24.1. The number of nitrogens with one attached hydrogen (secondary N) is 2. The van der Waals surface area contributed by atoms with Crippen LogP contribution in [0.5, 0.6) is 11.5 Å². The Kier molecular flexibility index (Phi) is 4.84. The highest BCUT2D eigenvalue weighted by Crippen LogP contribution is 2.35. The van der Waals surface area contributed by atoms with Crippen LogP contribution in [0.25, 0.3) is 0 Å². The number of carbonyl (C=O) groups excluding carboxylic acids is 2. The Hall–Kier alpha value is -3.02.